The molecule has 0 aliphatic carbocycles. The lowest BCUT2D eigenvalue weighted by Gasteiger charge is -2.10. The summed E-state index contributed by atoms with van der Waals surface area (Å²) in [5.41, 5.74) is 4.95. The molecule has 0 bridgehead atoms. The van der Waals surface area contributed by atoms with Crippen LogP contribution in [0.5, 0.6) is 0 Å². The van der Waals surface area contributed by atoms with E-state index in [9.17, 15) is 4.79 Å². The Hall–Kier alpha value is -2.36. The van der Waals surface area contributed by atoms with Crippen LogP contribution in [0, 0.1) is 12.8 Å². The molecule has 0 fully saturated rings. The van der Waals surface area contributed by atoms with Gasteiger partial charge in [0.05, 0.1) is 17.5 Å². The van der Waals surface area contributed by atoms with E-state index < -0.39 is 0 Å². The Morgan fingerprint density at radius 1 is 1.20 bits per heavy atom. The van der Waals surface area contributed by atoms with Crippen molar-refractivity contribution in [1.29, 1.82) is 0 Å². The molecule has 2 rings (SSSR count). The summed E-state index contributed by atoms with van der Waals surface area (Å²) in [7, 11) is 0. The normalized spacial score (nSPS) is 11.7. The van der Waals surface area contributed by atoms with Gasteiger partial charge in [-0.3, -0.25) is 4.79 Å². The van der Waals surface area contributed by atoms with Gasteiger partial charge in [-0.05, 0) is 24.5 Å². The highest BCUT2D eigenvalue weighted by atomic mass is 16.3. The maximum atomic E-state index is 12.0. The Labute approximate surface area is 118 Å². The van der Waals surface area contributed by atoms with Crippen molar-refractivity contribution in [2.24, 2.45) is 11.0 Å². The van der Waals surface area contributed by atoms with Gasteiger partial charge in [0.25, 0.3) is 5.91 Å². The number of carbonyl (C=O) groups is 1. The molecule has 20 heavy (non-hydrogen) atoms. The van der Waals surface area contributed by atoms with Crippen molar-refractivity contribution in [3.63, 3.8) is 0 Å². The largest absolute Gasteiger partial charge is 0.469 e. The average molecular weight is 270 g/mol. The third-order valence-electron chi connectivity index (χ3n) is 3.00. The van der Waals surface area contributed by atoms with E-state index in [-0.39, 0.29) is 11.8 Å². The SMILES string of the molecule is Cc1occc1C(=O)N/N=C(/c1ccccc1)C(C)C. The summed E-state index contributed by atoms with van der Waals surface area (Å²) in [6, 6.07) is 11.5. The van der Waals surface area contributed by atoms with Gasteiger partial charge in [-0.15, -0.1) is 0 Å². The van der Waals surface area contributed by atoms with E-state index in [2.05, 4.69) is 10.5 Å². The van der Waals surface area contributed by atoms with Crippen LogP contribution in [0.15, 0.2) is 52.2 Å². The molecule has 104 valence electrons. The molecule has 0 radical (unpaired) electrons. The summed E-state index contributed by atoms with van der Waals surface area (Å²) in [6.07, 6.45) is 1.49. The molecule has 1 N–H and O–H groups in total. The first-order valence-electron chi connectivity index (χ1n) is 6.57. The Morgan fingerprint density at radius 2 is 1.90 bits per heavy atom. The van der Waals surface area contributed by atoms with Gasteiger partial charge in [-0.2, -0.15) is 5.10 Å². The van der Waals surface area contributed by atoms with Crippen molar-refractivity contribution in [3.05, 3.63) is 59.5 Å². The zero-order valence-electron chi connectivity index (χ0n) is 11.9. The monoisotopic (exact) mass is 270 g/mol. The molecule has 0 aliphatic rings. The lowest BCUT2D eigenvalue weighted by atomic mass is 10.0. The van der Waals surface area contributed by atoms with Gasteiger partial charge in [-0.25, -0.2) is 5.43 Å². The van der Waals surface area contributed by atoms with Gasteiger partial charge in [-0.1, -0.05) is 44.2 Å². The average Bonchev–Trinajstić information content (AvgIpc) is 2.86. The second-order valence-electron chi connectivity index (χ2n) is 4.85. The van der Waals surface area contributed by atoms with Crippen LogP contribution in [0.3, 0.4) is 0 Å². The Kier molecular flexibility index (Phi) is 4.35. The van der Waals surface area contributed by atoms with Crippen molar-refractivity contribution in [2.75, 3.05) is 0 Å². The standard InChI is InChI=1S/C16H18N2O2/c1-11(2)15(13-7-5-4-6-8-13)17-18-16(19)14-9-10-20-12(14)3/h4-11H,1-3H3,(H,18,19)/b17-15+. The first kappa shape index (κ1) is 14.1. The molecule has 0 saturated carbocycles. The van der Waals surface area contributed by atoms with E-state index in [4.69, 9.17) is 4.42 Å². The molecule has 2 aromatic rings. The zero-order valence-corrected chi connectivity index (χ0v) is 11.9. The number of nitrogens with one attached hydrogen (secondary N) is 1. The van der Waals surface area contributed by atoms with Crippen LogP contribution in [0.1, 0.15) is 35.5 Å². The van der Waals surface area contributed by atoms with Crippen LogP contribution in [0.4, 0.5) is 0 Å². The molecule has 0 aliphatic heterocycles. The highest BCUT2D eigenvalue weighted by Crippen LogP contribution is 2.11. The van der Waals surface area contributed by atoms with E-state index in [1.54, 1.807) is 13.0 Å². The molecule has 1 amide bonds. The number of carbonyl (C=O) groups excluding carboxylic acids is 1. The number of amides is 1. The number of nitrogens with zero attached hydrogens (tertiary/aromatic N) is 1. The van der Waals surface area contributed by atoms with Crippen LogP contribution >= 0.6 is 0 Å². The van der Waals surface area contributed by atoms with Crippen molar-refractivity contribution in [2.45, 2.75) is 20.8 Å². The van der Waals surface area contributed by atoms with Crippen LogP contribution in [-0.2, 0) is 0 Å². The minimum atomic E-state index is -0.259. The van der Waals surface area contributed by atoms with Crippen molar-refractivity contribution >= 4 is 11.6 Å². The molecule has 0 saturated heterocycles. The van der Waals surface area contributed by atoms with Crippen molar-refractivity contribution in [1.82, 2.24) is 5.43 Å². The third kappa shape index (κ3) is 3.15. The highest BCUT2D eigenvalue weighted by molar-refractivity contribution is 6.03. The van der Waals surface area contributed by atoms with Crippen molar-refractivity contribution in [3.8, 4) is 0 Å². The smallest absolute Gasteiger partial charge is 0.274 e. The summed E-state index contributed by atoms with van der Waals surface area (Å²) in [4.78, 5) is 12.0. The summed E-state index contributed by atoms with van der Waals surface area (Å²) < 4.78 is 5.12. The molecule has 0 atom stereocenters. The van der Waals surface area contributed by atoms with E-state index in [0.717, 1.165) is 11.3 Å². The zero-order chi connectivity index (χ0) is 14.5. The van der Waals surface area contributed by atoms with Gasteiger partial charge < -0.3 is 4.42 Å². The molecule has 4 heteroatoms. The first-order valence-corrected chi connectivity index (χ1v) is 6.57. The fourth-order valence-corrected chi connectivity index (χ4v) is 1.93. The Morgan fingerprint density at radius 3 is 2.45 bits per heavy atom. The number of hydrazone groups is 1. The number of hydrogen-bond acceptors (Lipinski definition) is 3. The number of hydrogen-bond donors (Lipinski definition) is 1. The van der Waals surface area contributed by atoms with Gasteiger partial charge in [0.2, 0.25) is 0 Å². The third-order valence-corrected chi connectivity index (χ3v) is 3.00. The Balaban J connectivity index is 2.19. The summed E-state index contributed by atoms with van der Waals surface area (Å²) in [5, 5.41) is 4.27. The first-order chi connectivity index (χ1) is 9.59. The fourth-order valence-electron chi connectivity index (χ4n) is 1.93. The van der Waals surface area contributed by atoms with Crippen LogP contribution < -0.4 is 5.43 Å². The molecular weight excluding hydrogens is 252 g/mol. The number of aryl methyl sites for hydroxylation is 1. The quantitative estimate of drug-likeness (QED) is 0.684. The molecule has 4 nitrogen and oxygen atoms in total. The topological polar surface area (TPSA) is 54.6 Å². The van der Waals surface area contributed by atoms with E-state index in [1.165, 1.54) is 6.26 Å². The van der Waals surface area contributed by atoms with Gasteiger partial charge >= 0.3 is 0 Å². The summed E-state index contributed by atoms with van der Waals surface area (Å²) >= 11 is 0. The second-order valence-corrected chi connectivity index (χ2v) is 4.85. The fraction of sp³-hybridized carbons (Fsp3) is 0.250. The molecule has 0 spiro atoms. The number of rotatable bonds is 4. The summed E-state index contributed by atoms with van der Waals surface area (Å²) in [5.74, 6) is 0.539. The van der Waals surface area contributed by atoms with Crippen LogP contribution in [-0.4, -0.2) is 11.6 Å². The molecule has 1 heterocycles. The minimum Gasteiger partial charge on any atom is -0.469 e. The maximum Gasteiger partial charge on any atom is 0.274 e. The van der Waals surface area contributed by atoms with Gasteiger partial charge in [0.15, 0.2) is 0 Å². The molecule has 0 unspecified atom stereocenters. The maximum absolute atomic E-state index is 12.0. The molecule has 1 aromatic heterocycles. The minimum absolute atomic E-state index is 0.211. The van der Waals surface area contributed by atoms with Crippen molar-refractivity contribution < 1.29 is 9.21 Å². The number of benzene rings is 1. The predicted molar refractivity (Wildman–Crippen MR) is 78.7 cm³/mol. The summed E-state index contributed by atoms with van der Waals surface area (Å²) in [6.45, 7) is 5.83. The highest BCUT2D eigenvalue weighted by Gasteiger charge is 2.13. The van der Waals surface area contributed by atoms with Crippen LogP contribution in [0.25, 0.3) is 0 Å². The lowest BCUT2D eigenvalue weighted by Crippen LogP contribution is -2.22. The van der Waals surface area contributed by atoms with E-state index >= 15 is 0 Å². The predicted octanol–water partition coefficient (Wildman–Crippen LogP) is 3.38. The lowest BCUT2D eigenvalue weighted by molar-refractivity contribution is 0.0953. The molecule has 1 aromatic carbocycles. The van der Waals surface area contributed by atoms with E-state index in [1.807, 2.05) is 44.2 Å². The van der Waals surface area contributed by atoms with Gasteiger partial charge in [0, 0.05) is 0 Å². The van der Waals surface area contributed by atoms with Gasteiger partial charge in [0.1, 0.15) is 5.76 Å². The number of furan rings is 1. The molecular formula is C16H18N2O2. The van der Waals surface area contributed by atoms with Crippen LogP contribution in [0.2, 0.25) is 0 Å². The van der Waals surface area contributed by atoms with E-state index in [0.29, 0.717) is 11.3 Å². The Bertz CT molecular complexity index is 612. The second kappa shape index (κ2) is 6.19.